The van der Waals surface area contributed by atoms with Crippen molar-refractivity contribution in [2.75, 3.05) is 20.0 Å². The van der Waals surface area contributed by atoms with Gasteiger partial charge in [-0.15, -0.1) is 0 Å². The molecular weight excluding hydrogens is 453 g/mol. The van der Waals surface area contributed by atoms with Crippen LogP contribution in [0.3, 0.4) is 0 Å². The number of methoxy groups -OCH3 is 2. The highest BCUT2D eigenvalue weighted by atomic mass is 35.5. The van der Waals surface area contributed by atoms with Crippen molar-refractivity contribution in [1.82, 2.24) is 14.5 Å². The predicted octanol–water partition coefficient (Wildman–Crippen LogP) is 3.98. The number of nitrogens with zero attached hydrogens (tertiary/aromatic N) is 3. The molecule has 4 N–H and O–H groups in total. The first-order valence-corrected chi connectivity index (χ1v) is 11.1. The third kappa shape index (κ3) is 3.56. The first-order valence-electron chi connectivity index (χ1n) is 10.4. The zero-order valence-electron chi connectivity index (χ0n) is 18.1. The summed E-state index contributed by atoms with van der Waals surface area (Å²) in [5.74, 6) is 0.818. The predicted molar refractivity (Wildman–Crippen MR) is 127 cm³/mol. The summed E-state index contributed by atoms with van der Waals surface area (Å²) in [6.45, 7) is 2.23. The molecule has 0 unspecified atom stereocenters. The summed E-state index contributed by atoms with van der Waals surface area (Å²) in [7, 11) is 2.97. The van der Waals surface area contributed by atoms with Gasteiger partial charge < -0.3 is 20.9 Å². The van der Waals surface area contributed by atoms with Gasteiger partial charge >= 0.3 is 0 Å². The Morgan fingerprint density at radius 2 is 1.78 bits per heavy atom. The molecule has 0 spiro atoms. The van der Waals surface area contributed by atoms with Crippen LogP contribution < -0.4 is 26.5 Å². The molecule has 0 radical (unpaired) electrons. The molecule has 1 aromatic carbocycles. The maximum Gasteiger partial charge on any atom is 0.260 e. The average molecular weight is 478 g/mol. The van der Waals surface area contributed by atoms with E-state index in [0.717, 1.165) is 25.0 Å². The van der Waals surface area contributed by atoms with E-state index in [9.17, 15) is 4.79 Å². The number of benzene rings is 1. The quantitative estimate of drug-likeness (QED) is 0.570. The lowest BCUT2D eigenvalue weighted by Gasteiger charge is -2.20. The highest BCUT2D eigenvalue weighted by Gasteiger charge is 2.30. The fourth-order valence-electron chi connectivity index (χ4n) is 4.49. The van der Waals surface area contributed by atoms with Gasteiger partial charge in [-0.2, -0.15) is 4.98 Å². The van der Waals surface area contributed by atoms with Gasteiger partial charge in [0.1, 0.15) is 17.1 Å². The van der Waals surface area contributed by atoms with Crippen LogP contribution in [0.15, 0.2) is 16.9 Å². The van der Waals surface area contributed by atoms with Crippen LogP contribution in [0.25, 0.3) is 22.2 Å². The Morgan fingerprint density at radius 3 is 2.31 bits per heavy atom. The lowest BCUT2D eigenvalue weighted by molar-refractivity contribution is 0.395. The smallest absolute Gasteiger partial charge is 0.260 e. The van der Waals surface area contributed by atoms with Gasteiger partial charge in [0.15, 0.2) is 0 Å². The molecule has 2 heterocycles. The number of nitrogen functional groups attached to an aromatic ring is 1. The van der Waals surface area contributed by atoms with Crippen molar-refractivity contribution >= 4 is 40.2 Å². The molecule has 170 valence electrons. The van der Waals surface area contributed by atoms with Crippen molar-refractivity contribution in [1.29, 1.82) is 0 Å². The number of ether oxygens (including phenoxy) is 2. The van der Waals surface area contributed by atoms with Crippen LogP contribution in [-0.4, -0.2) is 34.8 Å². The molecular formula is C22H25Cl2N5O3. The Labute approximate surface area is 195 Å². The van der Waals surface area contributed by atoms with Gasteiger partial charge in [-0.05, 0) is 25.8 Å². The minimum Gasteiger partial charge on any atom is -0.495 e. The molecule has 32 heavy (non-hydrogen) atoms. The van der Waals surface area contributed by atoms with Crippen molar-refractivity contribution in [3.63, 3.8) is 0 Å². The average Bonchev–Trinajstić information content (AvgIpc) is 3.20. The summed E-state index contributed by atoms with van der Waals surface area (Å²) < 4.78 is 12.3. The third-order valence-electron chi connectivity index (χ3n) is 6.07. The second-order valence-corrected chi connectivity index (χ2v) is 8.55. The van der Waals surface area contributed by atoms with Gasteiger partial charge in [0, 0.05) is 35.5 Å². The number of hydrogen-bond acceptors (Lipinski definition) is 7. The summed E-state index contributed by atoms with van der Waals surface area (Å²) in [6, 6.07) is 3.28. The Hall–Kier alpha value is -2.55. The van der Waals surface area contributed by atoms with E-state index in [1.165, 1.54) is 14.2 Å². The summed E-state index contributed by atoms with van der Waals surface area (Å²) in [5, 5.41) is 1.13. The number of aryl methyl sites for hydroxylation is 1. The molecule has 0 amide bonds. The van der Waals surface area contributed by atoms with Crippen LogP contribution >= 0.6 is 23.2 Å². The standard InChI is InChI=1S/C22H25Cl2N5O3/c1-4-29-20-12(19(27-22(26)28-20)10-6-5-7-13(10)25)8-11(21(29)30)16-17(23)14(31-2)9-15(32-3)18(16)24/h8-10,13H,4-7,25H2,1-3H3,(H2,26,27,28)/t10-,13+/m1/s1. The lowest BCUT2D eigenvalue weighted by atomic mass is 9.95. The highest BCUT2D eigenvalue weighted by Crippen LogP contribution is 2.46. The Morgan fingerprint density at radius 1 is 1.12 bits per heavy atom. The lowest BCUT2D eigenvalue weighted by Crippen LogP contribution is -2.26. The molecule has 1 aliphatic rings. The molecule has 4 rings (SSSR count). The van der Waals surface area contributed by atoms with Crippen LogP contribution in [0.1, 0.15) is 37.8 Å². The van der Waals surface area contributed by atoms with E-state index in [-0.39, 0.29) is 33.5 Å². The molecule has 2 atom stereocenters. The number of halogens is 2. The molecule has 8 nitrogen and oxygen atoms in total. The maximum atomic E-state index is 13.6. The van der Waals surface area contributed by atoms with Crippen molar-refractivity contribution in [3.8, 4) is 22.6 Å². The molecule has 0 saturated heterocycles. The first-order chi connectivity index (χ1) is 15.3. The Balaban J connectivity index is 2.12. The second kappa shape index (κ2) is 8.77. The van der Waals surface area contributed by atoms with E-state index in [2.05, 4.69) is 9.97 Å². The number of nitrogens with two attached hydrogens (primary N) is 2. The van der Waals surface area contributed by atoms with Gasteiger partial charge in [-0.3, -0.25) is 9.36 Å². The Kier molecular flexibility index (Phi) is 6.20. The summed E-state index contributed by atoms with van der Waals surface area (Å²) in [6.07, 6.45) is 2.80. The number of rotatable bonds is 5. The normalized spacial score (nSPS) is 18.3. The third-order valence-corrected chi connectivity index (χ3v) is 6.82. The fourth-order valence-corrected chi connectivity index (χ4v) is 5.19. The molecule has 0 aliphatic heterocycles. The molecule has 1 fully saturated rings. The largest absolute Gasteiger partial charge is 0.495 e. The van der Waals surface area contributed by atoms with E-state index < -0.39 is 0 Å². The fraction of sp³-hybridized carbons (Fsp3) is 0.409. The van der Waals surface area contributed by atoms with Crippen molar-refractivity contribution in [3.05, 3.63) is 38.2 Å². The van der Waals surface area contributed by atoms with E-state index in [1.807, 2.05) is 6.92 Å². The molecule has 0 bridgehead atoms. The Bertz CT molecular complexity index is 1230. The van der Waals surface area contributed by atoms with Gasteiger partial charge in [-0.25, -0.2) is 4.98 Å². The molecule has 10 heteroatoms. The van der Waals surface area contributed by atoms with Crippen molar-refractivity contribution in [2.45, 2.75) is 44.7 Å². The van der Waals surface area contributed by atoms with Gasteiger partial charge in [0.25, 0.3) is 5.56 Å². The van der Waals surface area contributed by atoms with E-state index >= 15 is 0 Å². The van der Waals surface area contributed by atoms with Gasteiger partial charge in [0.05, 0.1) is 35.5 Å². The summed E-state index contributed by atoms with van der Waals surface area (Å²) in [5.41, 5.74) is 13.9. The topological polar surface area (TPSA) is 118 Å². The first kappa shape index (κ1) is 22.6. The van der Waals surface area contributed by atoms with Crippen LogP contribution in [0.5, 0.6) is 11.5 Å². The minimum atomic E-state index is -0.307. The van der Waals surface area contributed by atoms with Crippen molar-refractivity contribution < 1.29 is 9.47 Å². The zero-order valence-corrected chi connectivity index (χ0v) is 19.6. The van der Waals surface area contributed by atoms with E-state index in [4.69, 9.17) is 44.1 Å². The summed E-state index contributed by atoms with van der Waals surface area (Å²) >= 11 is 13.3. The molecule has 3 aromatic rings. The number of fused-ring (bicyclic) bond motifs is 1. The molecule has 1 saturated carbocycles. The summed E-state index contributed by atoms with van der Waals surface area (Å²) in [4.78, 5) is 22.5. The number of pyridine rings is 1. The van der Waals surface area contributed by atoms with Gasteiger partial charge in [-0.1, -0.05) is 29.6 Å². The van der Waals surface area contributed by atoms with Crippen LogP contribution in [0.4, 0.5) is 5.95 Å². The monoisotopic (exact) mass is 477 g/mol. The number of aromatic nitrogens is 3. The zero-order chi connectivity index (χ0) is 23.2. The van der Waals surface area contributed by atoms with Gasteiger partial charge in [0.2, 0.25) is 5.95 Å². The van der Waals surface area contributed by atoms with Crippen LogP contribution in [0.2, 0.25) is 10.0 Å². The van der Waals surface area contributed by atoms with Crippen LogP contribution in [-0.2, 0) is 6.54 Å². The van der Waals surface area contributed by atoms with E-state index in [0.29, 0.717) is 40.2 Å². The minimum absolute atomic E-state index is 0.0178. The van der Waals surface area contributed by atoms with E-state index in [1.54, 1.807) is 16.7 Å². The number of hydrogen-bond donors (Lipinski definition) is 2. The SMILES string of the molecule is CCn1c(=O)c(-c2c(Cl)c(OC)cc(OC)c2Cl)cc2c([C@@H]3CCC[C@@H]3N)nc(N)nc21. The maximum absolute atomic E-state index is 13.6. The molecule has 1 aliphatic carbocycles. The van der Waals surface area contributed by atoms with Crippen molar-refractivity contribution in [2.24, 2.45) is 5.73 Å². The highest BCUT2D eigenvalue weighted by molar-refractivity contribution is 6.41. The van der Waals surface area contributed by atoms with Crippen LogP contribution in [0, 0.1) is 0 Å². The number of anilines is 1. The second-order valence-electron chi connectivity index (χ2n) is 7.80. The molecule has 2 aromatic heterocycles.